The van der Waals surface area contributed by atoms with Crippen LogP contribution in [0.5, 0.6) is 0 Å². The summed E-state index contributed by atoms with van der Waals surface area (Å²) in [7, 11) is -2.10. The van der Waals surface area contributed by atoms with E-state index in [2.05, 4.69) is 176 Å². The Morgan fingerprint density at radius 1 is 0.282 bits per heavy atom. The molecule has 0 saturated carbocycles. The Morgan fingerprint density at radius 2 is 0.538 bits per heavy atom. The standard InChI is InChI=1S/C37H30P.ClH/c1-6-16-30(17-7-1)37(31-18-8-2-9-19-31)32-26-28-36(29-27-32)38(33-20-10-3-11-21-33,34-22-12-4-13-23-34)35-24-14-5-15-25-35;/h1-29,37H;1H/q+1;/p-1. The van der Waals surface area contributed by atoms with Crippen LogP contribution in [0.15, 0.2) is 176 Å². The smallest absolute Gasteiger partial charge is 0.144 e. The lowest BCUT2D eigenvalue weighted by Crippen LogP contribution is -3.00. The summed E-state index contributed by atoms with van der Waals surface area (Å²) >= 11 is 0. The minimum atomic E-state index is -2.10. The second-order valence-electron chi connectivity index (χ2n) is 9.52. The average Bonchev–Trinajstić information content (AvgIpc) is 3.01. The summed E-state index contributed by atoms with van der Waals surface area (Å²) in [6.45, 7) is 0. The molecule has 0 nitrogen and oxygen atoms in total. The van der Waals surface area contributed by atoms with Gasteiger partial charge in [-0.2, -0.15) is 0 Å². The van der Waals surface area contributed by atoms with Gasteiger partial charge in [-0.1, -0.05) is 127 Å². The molecule has 6 rings (SSSR count). The zero-order valence-electron chi connectivity index (χ0n) is 21.6. The van der Waals surface area contributed by atoms with Crippen molar-refractivity contribution in [2.24, 2.45) is 0 Å². The van der Waals surface area contributed by atoms with Crippen LogP contribution >= 0.6 is 7.26 Å². The van der Waals surface area contributed by atoms with E-state index >= 15 is 0 Å². The van der Waals surface area contributed by atoms with Crippen molar-refractivity contribution in [3.63, 3.8) is 0 Å². The van der Waals surface area contributed by atoms with Gasteiger partial charge >= 0.3 is 0 Å². The molecule has 0 radical (unpaired) electrons. The van der Waals surface area contributed by atoms with E-state index in [1.165, 1.54) is 37.9 Å². The van der Waals surface area contributed by atoms with Gasteiger partial charge in [0.2, 0.25) is 0 Å². The molecular formula is C37H30ClP. The Balaban J connectivity index is 0.00000308. The topological polar surface area (TPSA) is 0 Å². The molecule has 6 aromatic carbocycles. The Bertz CT molecular complexity index is 1430. The first-order chi connectivity index (χ1) is 18.9. The van der Waals surface area contributed by atoms with E-state index in [0.29, 0.717) is 0 Å². The van der Waals surface area contributed by atoms with Gasteiger partial charge in [0.1, 0.15) is 28.5 Å². The van der Waals surface area contributed by atoms with Gasteiger partial charge in [0.25, 0.3) is 0 Å². The molecule has 0 aromatic heterocycles. The fraction of sp³-hybridized carbons (Fsp3) is 0.0270. The number of hydrogen-bond donors (Lipinski definition) is 0. The highest BCUT2D eigenvalue weighted by molar-refractivity contribution is 8.01. The minimum absolute atomic E-state index is 0. The van der Waals surface area contributed by atoms with Crippen LogP contribution < -0.4 is 33.6 Å². The van der Waals surface area contributed by atoms with Crippen LogP contribution in [0.1, 0.15) is 22.6 Å². The van der Waals surface area contributed by atoms with Crippen molar-refractivity contribution >= 4 is 28.5 Å². The van der Waals surface area contributed by atoms with Gasteiger partial charge in [-0.3, -0.25) is 0 Å². The maximum Gasteiger partial charge on any atom is 0.144 e. The fourth-order valence-electron chi connectivity index (χ4n) is 5.61. The van der Waals surface area contributed by atoms with Crippen molar-refractivity contribution < 1.29 is 12.4 Å². The molecule has 0 fully saturated rings. The summed E-state index contributed by atoms with van der Waals surface area (Å²) in [5.41, 5.74) is 3.92. The lowest BCUT2D eigenvalue weighted by molar-refractivity contribution is -0.00000720. The first-order valence-corrected chi connectivity index (χ1v) is 14.9. The Hall–Kier alpha value is -3.96. The highest BCUT2D eigenvalue weighted by atomic mass is 35.5. The highest BCUT2D eigenvalue weighted by Gasteiger charge is 2.47. The van der Waals surface area contributed by atoms with Crippen LogP contribution in [-0.2, 0) is 0 Å². The first kappa shape index (κ1) is 26.6. The third kappa shape index (κ3) is 5.19. The monoisotopic (exact) mass is 540 g/mol. The van der Waals surface area contributed by atoms with Gasteiger partial charge in [0.15, 0.2) is 0 Å². The number of halogens is 1. The molecule has 0 saturated heterocycles. The SMILES string of the molecule is [Cl-].c1ccc(C(c2ccccc2)c2ccc([P+](c3ccccc3)(c3ccccc3)c3ccccc3)cc2)cc1. The van der Waals surface area contributed by atoms with Gasteiger partial charge < -0.3 is 12.4 Å². The molecule has 0 atom stereocenters. The summed E-state index contributed by atoms with van der Waals surface area (Å²) in [4.78, 5) is 0. The number of rotatable bonds is 7. The quantitative estimate of drug-likeness (QED) is 0.207. The van der Waals surface area contributed by atoms with Gasteiger partial charge in [-0.05, 0) is 65.2 Å². The van der Waals surface area contributed by atoms with E-state index in [-0.39, 0.29) is 18.3 Å². The predicted octanol–water partition coefficient (Wildman–Crippen LogP) is 4.49. The van der Waals surface area contributed by atoms with Crippen molar-refractivity contribution in [1.82, 2.24) is 0 Å². The summed E-state index contributed by atoms with van der Waals surface area (Å²) in [5, 5.41) is 5.47. The largest absolute Gasteiger partial charge is 1.00 e. The molecule has 0 heterocycles. The Kier molecular flexibility index (Phi) is 8.38. The van der Waals surface area contributed by atoms with Crippen molar-refractivity contribution in [1.29, 1.82) is 0 Å². The molecule has 0 aliphatic heterocycles. The molecular weight excluding hydrogens is 511 g/mol. The predicted molar refractivity (Wildman–Crippen MR) is 165 cm³/mol. The second-order valence-corrected chi connectivity index (χ2v) is 12.9. The van der Waals surface area contributed by atoms with E-state index in [1.54, 1.807) is 0 Å². The fourth-order valence-corrected chi connectivity index (χ4v) is 9.85. The zero-order chi connectivity index (χ0) is 25.6. The second kappa shape index (κ2) is 12.3. The Morgan fingerprint density at radius 3 is 0.872 bits per heavy atom. The van der Waals surface area contributed by atoms with Crippen molar-refractivity contribution in [2.75, 3.05) is 0 Å². The molecule has 39 heavy (non-hydrogen) atoms. The van der Waals surface area contributed by atoms with E-state index in [9.17, 15) is 0 Å². The van der Waals surface area contributed by atoms with Crippen LogP contribution in [0, 0.1) is 0 Å². The third-order valence-corrected chi connectivity index (χ3v) is 11.6. The maximum absolute atomic E-state index is 2.38. The lowest BCUT2D eigenvalue weighted by Gasteiger charge is -2.28. The highest BCUT2D eigenvalue weighted by Crippen LogP contribution is 2.54. The summed E-state index contributed by atoms with van der Waals surface area (Å²) in [6, 6.07) is 64.3. The summed E-state index contributed by atoms with van der Waals surface area (Å²) < 4.78 is 0. The van der Waals surface area contributed by atoms with Gasteiger partial charge in [-0.15, -0.1) is 0 Å². The van der Waals surface area contributed by atoms with E-state index < -0.39 is 7.26 Å². The van der Waals surface area contributed by atoms with Gasteiger partial charge in [-0.25, -0.2) is 0 Å². The van der Waals surface area contributed by atoms with Gasteiger partial charge in [0, 0.05) is 5.92 Å². The Labute approximate surface area is 238 Å². The van der Waals surface area contributed by atoms with Crippen LogP contribution in [0.4, 0.5) is 0 Å². The summed E-state index contributed by atoms with van der Waals surface area (Å²) in [5.74, 6) is 0.185. The van der Waals surface area contributed by atoms with E-state index in [0.717, 1.165) is 0 Å². The van der Waals surface area contributed by atoms with Crippen LogP contribution in [0.3, 0.4) is 0 Å². The zero-order valence-corrected chi connectivity index (χ0v) is 23.3. The third-order valence-electron chi connectivity index (χ3n) is 7.31. The molecule has 0 unspecified atom stereocenters. The number of benzene rings is 6. The molecule has 0 aliphatic carbocycles. The van der Waals surface area contributed by atoms with Crippen molar-refractivity contribution in [3.05, 3.63) is 193 Å². The molecule has 0 N–H and O–H groups in total. The van der Waals surface area contributed by atoms with E-state index in [1.807, 2.05) is 0 Å². The minimum Gasteiger partial charge on any atom is -1.00 e. The van der Waals surface area contributed by atoms with Crippen molar-refractivity contribution in [2.45, 2.75) is 5.92 Å². The number of hydrogen-bond acceptors (Lipinski definition) is 0. The van der Waals surface area contributed by atoms with Crippen molar-refractivity contribution in [3.8, 4) is 0 Å². The van der Waals surface area contributed by atoms with Crippen LogP contribution in [0.2, 0.25) is 0 Å². The molecule has 0 amide bonds. The van der Waals surface area contributed by atoms with Gasteiger partial charge in [0.05, 0.1) is 0 Å². The molecule has 2 heteroatoms. The first-order valence-electron chi connectivity index (χ1n) is 13.1. The van der Waals surface area contributed by atoms with Crippen LogP contribution in [0.25, 0.3) is 0 Å². The summed E-state index contributed by atoms with van der Waals surface area (Å²) in [6.07, 6.45) is 0. The normalized spacial score (nSPS) is 11.1. The average molecular weight is 541 g/mol. The van der Waals surface area contributed by atoms with E-state index in [4.69, 9.17) is 0 Å². The lowest BCUT2D eigenvalue weighted by atomic mass is 9.85. The molecule has 190 valence electrons. The maximum atomic E-state index is 2.38. The molecule has 0 aliphatic rings. The molecule has 0 spiro atoms. The van der Waals surface area contributed by atoms with Crippen LogP contribution in [-0.4, -0.2) is 0 Å². The molecule has 6 aromatic rings. The molecule has 0 bridgehead atoms.